The summed E-state index contributed by atoms with van der Waals surface area (Å²) in [6.07, 6.45) is 15.1. The number of aromatic nitrogens is 4. The Morgan fingerprint density at radius 2 is 1.16 bits per heavy atom. The van der Waals surface area contributed by atoms with Crippen LogP contribution in [0.15, 0.2) is 89.6 Å². The molecule has 4 bridgehead atoms. The Morgan fingerprint density at radius 1 is 0.636 bits per heavy atom. The molecule has 3 saturated carbocycles. The molecule has 7 heterocycles. The van der Waals surface area contributed by atoms with Crippen LogP contribution < -0.4 is 11.1 Å². The van der Waals surface area contributed by atoms with Crippen LogP contribution in [-0.2, 0) is 20.7 Å². The highest BCUT2D eigenvalue weighted by molar-refractivity contribution is 5.63. The number of nitrogens with two attached hydrogens (primary N) is 1. The summed E-state index contributed by atoms with van der Waals surface area (Å²) in [7, 11) is 0. The molecule has 4 aliphatic heterocycles. The van der Waals surface area contributed by atoms with Crippen molar-refractivity contribution in [3.05, 3.63) is 102 Å². The van der Waals surface area contributed by atoms with Crippen molar-refractivity contribution in [2.24, 2.45) is 10.8 Å². The van der Waals surface area contributed by atoms with E-state index in [2.05, 4.69) is 74.0 Å². The molecule has 3 aliphatic carbocycles. The number of nitrogen functional groups attached to an aromatic ring is 1. The Kier molecular flexibility index (Phi) is 9.44. The van der Waals surface area contributed by atoms with Gasteiger partial charge in [-0.2, -0.15) is 0 Å². The van der Waals surface area contributed by atoms with E-state index < -0.39 is 0 Å². The SMILES string of the molecule is Nc1ccc(-c2ccc(C34CCC(CO)(CC3)CO4)cc2)nc1.OCC12CCC(c3ccc(-c4ccc(Nc5nnc(C6CCC6)o5)cn4)cc3)(CC1)OC2. The molecule has 12 rings (SSSR count). The number of fused-ring (bicyclic) bond motifs is 6. The summed E-state index contributed by atoms with van der Waals surface area (Å²) in [5, 5.41) is 30.7. The van der Waals surface area contributed by atoms with E-state index in [0.29, 0.717) is 30.8 Å². The average Bonchev–Trinajstić information content (AvgIpc) is 3.69. The number of benzene rings is 2. The molecule has 11 heteroatoms. The molecule has 11 nitrogen and oxygen atoms in total. The van der Waals surface area contributed by atoms with Crippen LogP contribution in [0, 0.1) is 10.8 Å². The Balaban J connectivity index is 0.000000153. The van der Waals surface area contributed by atoms with Crippen molar-refractivity contribution in [2.45, 2.75) is 87.7 Å². The van der Waals surface area contributed by atoms with Gasteiger partial charge in [0.2, 0.25) is 5.89 Å². The Labute approximate surface area is 321 Å². The zero-order valence-corrected chi connectivity index (χ0v) is 31.3. The van der Waals surface area contributed by atoms with Gasteiger partial charge in [-0.25, -0.2) is 0 Å². The molecule has 5 aromatic rings. The van der Waals surface area contributed by atoms with Crippen LogP contribution >= 0.6 is 0 Å². The second kappa shape index (κ2) is 14.4. The van der Waals surface area contributed by atoms with E-state index in [0.717, 1.165) is 98.3 Å². The van der Waals surface area contributed by atoms with Crippen LogP contribution in [0.25, 0.3) is 22.5 Å². The third-order valence-electron chi connectivity index (χ3n) is 13.3. The van der Waals surface area contributed by atoms with Crippen LogP contribution in [-0.4, -0.2) is 56.8 Å². The number of nitrogens with zero attached hydrogens (tertiary/aromatic N) is 4. The Hall–Kier alpha value is -4.68. The van der Waals surface area contributed by atoms with Gasteiger partial charge in [-0.05, 0) is 99.6 Å². The molecular formula is C44H50N6O5. The fraction of sp³-hybridized carbons (Fsp3) is 0.455. The molecule has 7 aliphatic rings. The van der Waals surface area contributed by atoms with Gasteiger partial charge in [-0.1, -0.05) is 60.1 Å². The second-order valence-corrected chi connectivity index (χ2v) is 16.6. The molecule has 0 radical (unpaired) electrons. The molecule has 2 aromatic carbocycles. The lowest BCUT2D eigenvalue weighted by molar-refractivity contribution is -0.199. The smallest absolute Gasteiger partial charge is 0.320 e. The molecule has 0 spiro atoms. The monoisotopic (exact) mass is 742 g/mol. The van der Waals surface area contributed by atoms with Crippen molar-refractivity contribution in [1.82, 2.24) is 20.2 Å². The number of ether oxygens (including phenoxy) is 2. The summed E-state index contributed by atoms with van der Waals surface area (Å²) in [4.78, 5) is 8.98. The first-order valence-corrected chi connectivity index (χ1v) is 19.8. The van der Waals surface area contributed by atoms with E-state index >= 15 is 0 Å². The van der Waals surface area contributed by atoms with Crippen LogP contribution in [0.3, 0.4) is 0 Å². The van der Waals surface area contributed by atoms with Crippen molar-refractivity contribution < 1.29 is 24.1 Å². The number of hydrogen-bond donors (Lipinski definition) is 4. The van der Waals surface area contributed by atoms with Crippen molar-refractivity contribution in [2.75, 3.05) is 37.5 Å². The topological polar surface area (TPSA) is 162 Å². The van der Waals surface area contributed by atoms with E-state index in [4.69, 9.17) is 19.6 Å². The summed E-state index contributed by atoms with van der Waals surface area (Å²) >= 11 is 0. The minimum absolute atomic E-state index is 0.00950. The lowest BCUT2D eigenvalue weighted by Gasteiger charge is -2.52. The van der Waals surface area contributed by atoms with Crippen LogP contribution in [0.2, 0.25) is 0 Å². The van der Waals surface area contributed by atoms with Crippen LogP contribution in [0.1, 0.15) is 93.6 Å². The third-order valence-corrected chi connectivity index (χ3v) is 13.3. The molecule has 4 saturated heterocycles. The fourth-order valence-corrected chi connectivity index (χ4v) is 9.01. The molecule has 7 fully saturated rings. The van der Waals surface area contributed by atoms with E-state index in [1.165, 1.54) is 17.5 Å². The first-order chi connectivity index (χ1) is 26.8. The molecule has 0 atom stereocenters. The predicted molar refractivity (Wildman–Crippen MR) is 209 cm³/mol. The predicted octanol–water partition coefficient (Wildman–Crippen LogP) is 8.03. The fourth-order valence-electron chi connectivity index (χ4n) is 9.01. The Morgan fingerprint density at radius 3 is 1.56 bits per heavy atom. The first kappa shape index (κ1) is 36.0. The molecule has 0 amide bonds. The van der Waals surface area contributed by atoms with Crippen molar-refractivity contribution in [1.29, 1.82) is 0 Å². The van der Waals surface area contributed by atoms with Crippen LogP contribution in [0.4, 0.5) is 17.4 Å². The highest BCUT2D eigenvalue weighted by atomic mass is 16.5. The third kappa shape index (κ3) is 6.92. The minimum Gasteiger partial charge on any atom is -0.408 e. The van der Waals surface area contributed by atoms with Gasteiger partial charge >= 0.3 is 6.01 Å². The van der Waals surface area contributed by atoms with E-state index in [1.807, 2.05) is 24.3 Å². The maximum atomic E-state index is 9.72. The quantitative estimate of drug-likeness (QED) is 0.116. The lowest BCUT2D eigenvalue weighted by Crippen LogP contribution is -2.50. The number of rotatable bonds is 9. The minimum atomic E-state index is -0.195. The summed E-state index contributed by atoms with van der Waals surface area (Å²) in [6, 6.07) is 25.3. The highest BCUT2D eigenvalue weighted by Gasteiger charge is 2.51. The standard InChI is InChI=1S/C25H28N4O3.C19H22N2O2/c30-15-24-10-12-25(13-11-24,31-16-24)19-6-4-17(5-7-19)21-9-8-20(14-26-21)27-23-29-28-22(32-23)18-2-1-3-18;20-16-5-6-17(21-11-16)14-1-3-15(4-2-14)19-9-7-18(12-22,8-10-19)13-23-19/h4-9,14,18,30H,1-3,10-13,15-16H2,(H,27,29);1-6,11,22H,7-10,12-13,20H2. The maximum absolute atomic E-state index is 9.72. The van der Waals surface area contributed by atoms with E-state index in [9.17, 15) is 10.2 Å². The summed E-state index contributed by atoms with van der Waals surface area (Å²) in [5.41, 5.74) is 13.3. The molecule has 55 heavy (non-hydrogen) atoms. The Bertz CT molecular complexity index is 2030. The van der Waals surface area contributed by atoms with E-state index in [-0.39, 0.29) is 35.2 Å². The summed E-state index contributed by atoms with van der Waals surface area (Å²) in [6.45, 7) is 1.80. The van der Waals surface area contributed by atoms with Crippen molar-refractivity contribution in [3.63, 3.8) is 0 Å². The van der Waals surface area contributed by atoms with Gasteiger partial charge in [-0.3, -0.25) is 9.97 Å². The van der Waals surface area contributed by atoms with Gasteiger partial charge in [0.25, 0.3) is 0 Å². The van der Waals surface area contributed by atoms with Gasteiger partial charge in [-0.15, -0.1) is 5.10 Å². The van der Waals surface area contributed by atoms with Gasteiger partial charge in [0, 0.05) is 27.9 Å². The normalized spacial score (nSPS) is 28.3. The van der Waals surface area contributed by atoms with Gasteiger partial charge < -0.3 is 35.2 Å². The number of aliphatic hydroxyl groups is 2. The number of aliphatic hydroxyl groups excluding tert-OH is 2. The molecular weight excluding hydrogens is 693 g/mol. The van der Waals surface area contributed by atoms with Crippen LogP contribution in [0.5, 0.6) is 0 Å². The molecule has 5 N–H and O–H groups in total. The zero-order chi connectivity index (χ0) is 37.5. The number of anilines is 3. The molecule has 0 unspecified atom stereocenters. The highest BCUT2D eigenvalue weighted by Crippen LogP contribution is 2.54. The van der Waals surface area contributed by atoms with Gasteiger partial charge in [0.1, 0.15) is 0 Å². The largest absolute Gasteiger partial charge is 0.408 e. The summed E-state index contributed by atoms with van der Waals surface area (Å²) < 4.78 is 18.2. The van der Waals surface area contributed by atoms with Crippen molar-refractivity contribution in [3.8, 4) is 22.5 Å². The number of pyridine rings is 2. The maximum Gasteiger partial charge on any atom is 0.320 e. The van der Waals surface area contributed by atoms with E-state index in [1.54, 1.807) is 12.4 Å². The van der Waals surface area contributed by atoms with Crippen molar-refractivity contribution >= 4 is 17.4 Å². The second-order valence-electron chi connectivity index (χ2n) is 16.6. The summed E-state index contributed by atoms with van der Waals surface area (Å²) in [5.74, 6) is 1.15. The van der Waals surface area contributed by atoms with Gasteiger partial charge in [0.15, 0.2) is 0 Å². The zero-order valence-electron chi connectivity index (χ0n) is 31.3. The first-order valence-electron chi connectivity index (χ1n) is 19.8. The molecule has 286 valence electrons. The molecule has 3 aromatic heterocycles. The lowest BCUT2D eigenvalue weighted by atomic mass is 9.64. The average molecular weight is 743 g/mol. The number of nitrogens with one attached hydrogen (secondary N) is 1. The van der Waals surface area contributed by atoms with Gasteiger partial charge in [0.05, 0.1) is 72.8 Å². The number of hydrogen-bond acceptors (Lipinski definition) is 11.